The van der Waals surface area contributed by atoms with Gasteiger partial charge in [-0.15, -0.1) is 0 Å². The highest BCUT2D eigenvalue weighted by atomic mass is 35.5. The van der Waals surface area contributed by atoms with Gasteiger partial charge < -0.3 is 10.8 Å². The Kier molecular flexibility index (Phi) is 3.18. The minimum absolute atomic E-state index is 0.0158. The second kappa shape index (κ2) is 4.51. The summed E-state index contributed by atoms with van der Waals surface area (Å²) in [6.07, 6.45) is 0. The van der Waals surface area contributed by atoms with E-state index in [-0.39, 0.29) is 26.3 Å². The van der Waals surface area contributed by atoms with Gasteiger partial charge in [-0.2, -0.15) is 0 Å². The molecule has 2 rings (SSSR count). The van der Waals surface area contributed by atoms with Crippen molar-refractivity contribution in [2.45, 2.75) is 0 Å². The summed E-state index contributed by atoms with van der Waals surface area (Å²) in [5, 5.41) is 8.31. The molecular weight excluding hydrogens is 286 g/mol. The van der Waals surface area contributed by atoms with Crippen molar-refractivity contribution in [1.29, 1.82) is 0 Å². The molecule has 2 aromatic rings. The Hall–Kier alpha value is -1.73. The fraction of sp³-hybridized carbons (Fsp3) is 0. The lowest BCUT2D eigenvalue weighted by atomic mass is 10.2. The molecule has 1 aromatic heterocycles. The number of carbonyl (C=O) groups is 1. The molecule has 0 saturated carbocycles. The van der Waals surface area contributed by atoms with Crippen LogP contribution in [0.3, 0.4) is 0 Å². The molecule has 0 aliphatic rings. The summed E-state index contributed by atoms with van der Waals surface area (Å²) >= 11 is 6.17. The zero-order valence-electron chi connectivity index (χ0n) is 8.58. The summed E-state index contributed by atoms with van der Waals surface area (Å²) < 4.78 is 26.8. The van der Waals surface area contributed by atoms with Crippen LogP contribution in [0.4, 0.5) is 13.8 Å². The van der Waals surface area contributed by atoms with Crippen molar-refractivity contribution in [3.8, 4) is 10.6 Å². The average molecular weight is 291 g/mol. The predicted octanol–water partition coefficient (Wildman–Crippen LogP) is 3.02. The summed E-state index contributed by atoms with van der Waals surface area (Å²) in [5.74, 6) is -2.95. The Morgan fingerprint density at radius 2 is 2.06 bits per heavy atom. The van der Waals surface area contributed by atoms with Gasteiger partial charge in [0.25, 0.3) is 0 Å². The number of nitrogens with zero attached hydrogens (tertiary/aromatic N) is 1. The molecule has 3 N–H and O–H groups in total. The lowest BCUT2D eigenvalue weighted by molar-refractivity contribution is 0.0692. The predicted molar refractivity (Wildman–Crippen MR) is 63.8 cm³/mol. The number of carboxylic acids is 1. The van der Waals surface area contributed by atoms with E-state index in [1.54, 1.807) is 0 Å². The van der Waals surface area contributed by atoms with Crippen molar-refractivity contribution < 1.29 is 18.7 Å². The molecule has 0 saturated heterocycles. The van der Waals surface area contributed by atoms with Crippen LogP contribution in [-0.2, 0) is 0 Å². The second-order valence-electron chi connectivity index (χ2n) is 3.28. The van der Waals surface area contributed by atoms with Crippen LogP contribution in [-0.4, -0.2) is 16.1 Å². The largest absolute Gasteiger partial charge is 0.476 e. The SMILES string of the molecule is Nc1sc(-c2cc(F)c(Cl)cc2F)nc1C(=O)O. The molecule has 0 atom stereocenters. The van der Waals surface area contributed by atoms with Crippen molar-refractivity contribution in [2.24, 2.45) is 0 Å². The molecular formula is C10H5ClF2N2O2S. The molecule has 0 bridgehead atoms. The normalized spacial score (nSPS) is 10.6. The van der Waals surface area contributed by atoms with Gasteiger partial charge >= 0.3 is 5.97 Å². The molecule has 8 heteroatoms. The van der Waals surface area contributed by atoms with Crippen LogP contribution in [0.1, 0.15) is 10.5 Å². The molecule has 0 amide bonds. The number of hydrogen-bond donors (Lipinski definition) is 2. The molecule has 94 valence electrons. The summed E-state index contributed by atoms with van der Waals surface area (Å²) in [6.45, 7) is 0. The first-order valence-electron chi connectivity index (χ1n) is 4.54. The third-order valence-corrected chi connectivity index (χ3v) is 3.30. The zero-order valence-corrected chi connectivity index (χ0v) is 10.1. The van der Waals surface area contributed by atoms with Crippen LogP contribution in [0.5, 0.6) is 0 Å². The maximum atomic E-state index is 13.6. The molecule has 0 unspecified atom stereocenters. The van der Waals surface area contributed by atoms with Crippen molar-refractivity contribution in [3.63, 3.8) is 0 Å². The maximum Gasteiger partial charge on any atom is 0.357 e. The zero-order chi connectivity index (χ0) is 13.4. The average Bonchev–Trinajstić information content (AvgIpc) is 2.65. The molecule has 1 aromatic carbocycles. The Bertz CT molecular complexity index is 645. The molecule has 0 fully saturated rings. The molecule has 0 radical (unpaired) electrons. The van der Waals surface area contributed by atoms with Crippen LogP contribution in [0.15, 0.2) is 12.1 Å². The van der Waals surface area contributed by atoms with E-state index >= 15 is 0 Å². The van der Waals surface area contributed by atoms with Crippen LogP contribution in [0.25, 0.3) is 10.6 Å². The van der Waals surface area contributed by atoms with Crippen LogP contribution < -0.4 is 5.73 Å². The highest BCUT2D eigenvalue weighted by Gasteiger charge is 2.19. The summed E-state index contributed by atoms with van der Waals surface area (Å²) in [5.41, 5.74) is 4.87. The van der Waals surface area contributed by atoms with Gasteiger partial charge in [0.2, 0.25) is 0 Å². The van der Waals surface area contributed by atoms with E-state index in [1.165, 1.54) is 0 Å². The van der Waals surface area contributed by atoms with E-state index in [2.05, 4.69) is 4.98 Å². The van der Waals surface area contributed by atoms with Gasteiger partial charge in [-0.3, -0.25) is 0 Å². The first-order chi connectivity index (χ1) is 8.40. The minimum Gasteiger partial charge on any atom is -0.476 e. The minimum atomic E-state index is -1.33. The van der Waals surface area contributed by atoms with Gasteiger partial charge in [0.05, 0.1) is 5.02 Å². The smallest absolute Gasteiger partial charge is 0.357 e. The molecule has 0 spiro atoms. The second-order valence-corrected chi connectivity index (χ2v) is 4.72. The first-order valence-corrected chi connectivity index (χ1v) is 5.74. The van der Waals surface area contributed by atoms with Crippen molar-refractivity contribution in [2.75, 3.05) is 5.73 Å². The third kappa shape index (κ3) is 2.14. The third-order valence-electron chi connectivity index (χ3n) is 2.10. The van der Waals surface area contributed by atoms with Gasteiger partial charge in [0.15, 0.2) is 5.69 Å². The lowest BCUT2D eigenvalue weighted by Crippen LogP contribution is -2.00. The summed E-state index contributed by atoms with van der Waals surface area (Å²) in [7, 11) is 0. The van der Waals surface area contributed by atoms with Gasteiger partial charge in [-0.05, 0) is 12.1 Å². The van der Waals surface area contributed by atoms with Crippen molar-refractivity contribution in [3.05, 3.63) is 34.5 Å². The fourth-order valence-corrected chi connectivity index (χ4v) is 2.28. The van der Waals surface area contributed by atoms with E-state index < -0.39 is 17.6 Å². The lowest BCUT2D eigenvalue weighted by Gasteiger charge is -2.00. The van der Waals surface area contributed by atoms with E-state index in [1.807, 2.05) is 0 Å². The van der Waals surface area contributed by atoms with Gasteiger partial charge in [-0.1, -0.05) is 22.9 Å². The van der Waals surface area contributed by atoms with Gasteiger partial charge in [0, 0.05) is 5.56 Å². The number of thiazole rings is 1. The number of aromatic carboxylic acids is 1. The Balaban J connectivity index is 2.59. The Morgan fingerprint density at radius 3 is 2.61 bits per heavy atom. The fourth-order valence-electron chi connectivity index (χ4n) is 1.29. The number of nitrogen functional groups attached to an aromatic ring is 1. The number of halogens is 3. The topological polar surface area (TPSA) is 76.2 Å². The first kappa shape index (κ1) is 12.7. The summed E-state index contributed by atoms with van der Waals surface area (Å²) in [4.78, 5) is 14.4. The highest BCUT2D eigenvalue weighted by molar-refractivity contribution is 7.19. The Labute approximate surface area is 109 Å². The maximum absolute atomic E-state index is 13.6. The standard InChI is InChI=1S/C10H5ClF2N2O2S/c11-4-2-5(12)3(1-6(4)13)9-15-7(10(16)17)8(14)18-9/h1-2H,14H2,(H,16,17). The quantitative estimate of drug-likeness (QED) is 0.834. The van der Waals surface area contributed by atoms with E-state index in [9.17, 15) is 13.6 Å². The van der Waals surface area contributed by atoms with E-state index in [0.717, 1.165) is 23.5 Å². The molecule has 0 aliphatic carbocycles. The number of carboxylic acid groups (broad SMARTS) is 1. The highest BCUT2D eigenvalue weighted by Crippen LogP contribution is 2.33. The van der Waals surface area contributed by atoms with Crippen molar-refractivity contribution >= 4 is 33.9 Å². The summed E-state index contributed by atoms with van der Waals surface area (Å²) in [6, 6.07) is 1.64. The van der Waals surface area contributed by atoms with Crippen molar-refractivity contribution in [1.82, 2.24) is 4.98 Å². The van der Waals surface area contributed by atoms with E-state index in [0.29, 0.717) is 0 Å². The van der Waals surface area contributed by atoms with E-state index in [4.69, 9.17) is 22.4 Å². The molecule has 18 heavy (non-hydrogen) atoms. The van der Waals surface area contributed by atoms with Crippen LogP contribution in [0, 0.1) is 11.6 Å². The number of anilines is 1. The molecule has 1 heterocycles. The molecule has 0 aliphatic heterocycles. The number of aromatic nitrogens is 1. The van der Waals surface area contributed by atoms with Gasteiger partial charge in [0.1, 0.15) is 21.6 Å². The number of benzene rings is 1. The molecule has 4 nitrogen and oxygen atoms in total. The number of hydrogen-bond acceptors (Lipinski definition) is 4. The Morgan fingerprint density at radius 1 is 1.39 bits per heavy atom. The van der Waals surface area contributed by atoms with Gasteiger partial charge in [-0.25, -0.2) is 18.6 Å². The van der Waals surface area contributed by atoms with Crippen LogP contribution in [0.2, 0.25) is 5.02 Å². The number of rotatable bonds is 2. The monoisotopic (exact) mass is 290 g/mol. The number of nitrogens with two attached hydrogens (primary N) is 1. The van der Waals surface area contributed by atoms with Crippen LogP contribution >= 0.6 is 22.9 Å².